The first-order chi connectivity index (χ1) is 9.10. The molecule has 3 N–H and O–H groups in total. The molecule has 98 valence electrons. The summed E-state index contributed by atoms with van der Waals surface area (Å²) in [6.45, 7) is 1.93. The number of aromatic nitrogens is 2. The molecule has 7 heteroatoms. The van der Waals surface area contributed by atoms with Gasteiger partial charge in [0.05, 0.1) is 12.4 Å². The smallest absolute Gasteiger partial charge is 0.237 e. The van der Waals surface area contributed by atoms with Gasteiger partial charge in [-0.1, -0.05) is 27.2 Å². The summed E-state index contributed by atoms with van der Waals surface area (Å²) in [7, 11) is 0. The maximum Gasteiger partial charge on any atom is 0.237 e. The van der Waals surface area contributed by atoms with Crippen LogP contribution in [0.3, 0.4) is 0 Å². The highest BCUT2D eigenvalue weighted by Crippen LogP contribution is 2.26. The normalized spacial score (nSPS) is 11.4. The maximum absolute atomic E-state index is 8.52. The number of aryl methyl sites for hydroxylation is 1. The Kier molecular flexibility index (Phi) is 3.96. The summed E-state index contributed by atoms with van der Waals surface area (Å²) in [5, 5.41) is 11.4. The molecule has 19 heavy (non-hydrogen) atoms. The molecule has 0 saturated carbocycles. The third-order valence-corrected chi connectivity index (χ3v) is 2.86. The SMILES string of the molecule is Cc1ccc(Br)cc1Oc1cnc(/C(N)=N/O)cn1. The Balaban J connectivity index is 2.22. The van der Waals surface area contributed by atoms with Crippen molar-refractivity contribution in [3.05, 3.63) is 46.3 Å². The van der Waals surface area contributed by atoms with E-state index in [0.717, 1.165) is 10.0 Å². The molecular weight excluding hydrogens is 312 g/mol. The molecule has 0 aliphatic heterocycles. The number of amidine groups is 1. The van der Waals surface area contributed by atoms with Crippen molar-refractivity contribution in [2.75, 3.05) is 0 Å². The van der Waals surface area contributed by atoms with E-state index in [1.54, 1.807) is 0 Å². The molecule has 0 saturated heterocycles. The van der Waals surface area contributed by atoms with Crippen molar-refractivity contribution < 1.29 is 9.94 Å². The van der Waals surface area contributed by atoms with Gasteiger partial charge in [0.1, 0.15) is 11.4 Å². The number of ether oxygens (including phenoxy) is 1. The number of nitrogens with zero attached hydrogens (tertiary/aromatic N) is 3. The second-order valence-corrected chi connectivity index (χ2v) is 4.65. The van der Waals surface area contributed by atoms with Crippen molar-refractivity contribution in [2.24, 2.45) is 10.9 Å². The minimum atomic E-state index is -0.0994. The van der Waals surface area contributed by atoms with Crippen molar-refractivity contribution >= 4 is 21.8 Å². The third-order valence-electron chi connectivity index (χ3n) is 2.36. The maximum atomic E-state index is 8.52. The van der Waals surface area contributed by atoms with Gasteiger partial charge in [0, 0.05) is 4.47 Å². The summed E-state index contributed by atoms with van der Waals surface area (Å²) in [5.74, 6) is 0.911. The van der Waals surface area contributed by atoms with Crippen molar-refractivity contribution in [3.63, 3.8) is 0 Å². The van der Waals surface area contributed by atoms with E-state index in [2.05, 4.69) is 31.1 Å². The van der Waals surface area contributed by atoms with Crippen LogP contribution in [0.1, 0.15) is 11.3 Å². The van der Waals surface area contributed by atoms with Gasteiger partial charge in [-0.25, -0.2) is 9.97 Å². The minimum Gasteiger partial charge on any atom is -0.437 e. The Hall–Kier alpha value is -2.15. The van der Waals surface area contributed by atoms with Gasteiger partial charge in [-0.05, 0) is 24.6 Å². The molecular formula is C12H11BrN4O2. The van der Waals surface area contributed by atoms with Gasteiger partial charge in [-0.2, -0.15) is 0 Å². The zero-order chi connectivity index (χ0) is 13.8. The lowest BCUT2D eigenvalue weighted by Crippen LogP contribution is -2.15. The van der Waals surface area contributed by atoms with Gasteiger partial charge in [0.25, 0.3) is 0 Å². The third kappa shape index (κ3) is 3.19. The first-order valence-corrected chi connectivity index (χ1v) is 6.13. The van der Waals surface area contributed by atoms with Gasteiger partial charge < -0.3 is 15.7 Å². The minimum absolute atomic E-state index is 0.0994. The fourth-order valence-corrected chi connectivity index (χ4v) is 1.69. The second kappa shape index (κ2) is 5.66. The molecule has 2 aromatic rings. The van der Waals surface area contributed by atoms with E-state index < -0.39 is 0 Å². The van der Waals surface area contributed by atoms with Crippen LogP contribution in [-0.2, 0) is 0 Å². The predicted molar refractivity (Wildman–Crippen MR) is 73.5 cm³/mol. The predicted octanol–water partition coefficient (Wildman–Crippen LogP) is 2.43. The van der Waals surface area contributed by atoms with E-state index in [1.165, 1.54) is 12.4 Å². The van der Waals surface area contributed by atoms with Gasteiger partial charge in [-0.15, -0.1) is 0 Å². The molecule has 0 fully saturated rings. The number of benzene rings is 1. The average Bonchev–Trinajstić information content (AvgIpc) is 2.43. The van der Waals surface area contributed by atoms with Crippen molar-refractivity contribution in [2.45, 2.75) is 6.92 Å². The molecule has 1 aromatic carbocycles. The quantitative estimate of drug-likeness (QED) is 0.392. The van der Waals surface area contributed by atoms with Crippen LogP contribution >= 0.6 is 15.9 Å². The molecule has 0 spiro atoms. The second-order valence-electron chi connectivity index (χ2n) is 3.74. The van der Waals surface area contributed by atoms with Gasteiger partial charge in [0.2, 0.25) is 5.88 Å². The zero-order valence-electron chi connectivity index (χ0n) is 10.0. The summed E-state index contributed by atoms with van der Waals surface area (Å²) < 4.78 is 6.52. The van der Waals surface area contributed by atoms with Crippen molar-refractivity contribution in [1.82, 2.24) is 9.97 Å². The Morgan fingerprint density at radius 1 is 1.37 bits per heavy atom. The van der Waals surface area contributed by atoms with E-state index in [1.807, 2.05) is 25.1 Å². The summed E-state index contributed by atoms with van der Waals surface area (Å²) in [5.41, 5.74) is 6.65. The summed E-state index contributed by atoms with van der Waals surface area (Å²) in [6, 6.07) is 5.70. The lowest BCUT2D eigenvalue weighted by molar-refractivity contribution is 0.318. The molecule has 0 aliphatic rings. The molecule has 2 rings (SSSR count). The highest BCUT2D eigenvalue weighted by atomic mass is 79.9. The first-order valence-electron chi connectivity index (χ1n) is 5.34. The number of hydrogen-bond donors (Lipinski definition) is 2. The number of rotatable bonds is 3. The summed E-state index contributed by atoms with van der Waals surface area (Å²) >= 11 is 3.37. The summed E-state index contributed by atoms with van der Waals surface area (Å²) in [6.07, 6.45) is 2.78. The van der Waals surface area contributed by atoms with Crippen molar-refractivity contribution in [1.29, 1.82) is 0 Å². The van der Waals surface area contributed by atoms with Gasteiger partial charge in [0.15, 0.2) is 5.84 Å². The lowest BCUT2D eigenvalue weighted by Gasteiger charge is -2.08. The molecule has 0 amide bonds. The Morgan fingerprint density at radius 3 is 2.79 bits per heavy atom. The molecule has 0 unspecified atom stereocenters. The standard InChI is InChI=1S/C12H11BrN4O2/c1-7-2-3-8(13)4-10(7)19-11-6-15-9(5-16-11)12(14)17-18/h2-6,18H,1H3,(H2,14,17). The molecule has 0 atom stereocenters. The van der Waals surface area contributed by atoms with Crippen LogP contribution in [-0.4, -0.2) is 21.0 Å². The molecule has 1 heterocycles. The molecule has 0 bridgehead atoms. The monoisotopic (exact) mass is 322 g/mol. The summed E-state index contributed by atoms with van der Waals surface area (Å²) in [4.78, 5) is 8.02. The van der Waals surface area contributed by atoms with Crippen LogP contribution in [0.25, 0.3) is 0 Å². The van der Waals surface area contributed by atoms with Crippen LogP contribution < -0.4 is 10.5 Å². The lowest BCUT2D eigenvalue weighted by atomic mass is 10.2. The number of halogens is 1. The zero-order valence-corrected chi connectivity index (χ0v) is 11.6. The topological polar surface area (TPSA) is 93.6 Å². The highest BCUT2D eigenvalue weighted by molar-refractivity contribution is 9.10. The molecule has 0 radical (unpaired) electrons. The largest absolute Gasteiger partial charge is 0.437 e. The van der Waals surface area contributed by atoms with E-state index in [9.17, 15) is 0 Å². The Bertz CT molecular complexity index is 614. The van der Waals surface area contributed by atoms with Crippen LogP contribution in [0.15, 0.2) is 40.2 Å². The Morgan fingerprint density at radius 2 is 2.16 bits per heavy atom. The van der Waals surface area contributed by atoms with E-state index in [-0.39, 0.29) is 11.5 Å². The van der Waals surface area contributed by atoms with E-state index >= 15 is 0 Å². The number of oxime groups is 1. The average molecular weight is 323 g/mol. The van der Waals surface area contributed by atoms with E-state index in [4.69, 9.17) is 15.7 Å². The van der Waals surface area contributed by atoms with Gasteiger partial charge in [-0.3, -0.25) is 0 Å². The molecule has 1 aromatic heterocycles. The van der Waals surface area contributed by atoms with Crippen LogP contribution in [0.4, 0.5) is 0 Å². The first kappa shape index (κ1) is 13.3. The van der Waals surface area contributed by atoms with Crippen LogP contribution in [0, 0.1) is 6.92 Å². The number of nitrogens with two attached hydrogens (primary N) is 1. The number of hydrogen-bond acceptors (Lipinski definition) is 5. The van der Waals surface area contributed by atoms with Crippen LogP contribution in [0.5, 0.6) is 11.6 Å². The van der Waals surface area contributed by atoms with Crippen molar-refractivity contribution in [3.8, 4) is 11.6 Å². The molecule has 6 nitrogen and oxygen atoms in total. The highest BCUT2D eigenvalue weighted by Gasteiger charge is 2.06. The fourth-order valence-electron chi connectivity index (χ4n) is 1.35. The molecule has 0 aliphatic carbocycles. The van der Waals surface area contributed by atoms with E-state index in [0.29, 0.717) is 11.6 Å². The Labute approximate surface area is 118 Å². The van der Waals surface area contributed by atoms with Gasteiger partial charge >= 0.3 is 0 Å². The fraction of sp³-hybridized carbons (Fsp3) is 0.0833. The van der Waals surface area contributed by atoms with Crippen LogP contribution in [0.2, 0.25) is 0 Å².